The highest BCUT2D eigenvalue weighted by Gasteiger charge is 2.20. The van der Waals surface area contributed by atoms with E-state index in [1.54, 1.807) is 11.3 Å². The maximum absolute atomic E-state index is 5.82. The largest absolute Gasteiger partial charge is 0.376 e. The van der Waals surface area contributed by atoms with E-state index in [0.717, 1.165) is 32.2 Å². The third kappa shape index (κ3) is 4.16. The first-order valence-corrected chi connectivity index (χ1v) is 8.92. The second kappa shape index (κ2) is 6.85. The zero-order valence-electron chi connectivity index (χ0n) is 11.9. The molecular weight excluding hydrogens is 286 g/mol. The molecule has 0 atom stereocenters. The number of rotatable bonds is 8. The normalized spacial score (nSPS) is 14.8. The van der Waals surface area contributed by atoms with E-state index >= 15 is 0 Å². The van der Waals surface area contributed by atoms with Gasteiger partial charge in [0.25, 0.3) is 0 Å². The predicted molar refractivity (Wildman–Crippen MR) is 86.6 cm³/mol. The van der Waals surface area contributed by atoms with E-state index in [1.165, 1.54) is 33.0 Å². The van der Waals surface area contributed by atoms with Gasteiger partial charge in [-0.3, -0.25) is 0 Å². The first kappa shape index (κ1) is 14.3. The number of aryl methyl sites for hydroxylation is 1. The van der Waals surface area contributed by atoms with Crippen molar-refractivity contribution < 1.29 is 4.74 Å². The highest BCUT2D eigenvalue weighted by molar-refractivity contribution is 7.12. The summed E-state index contributed by atoms with van der Waals surface area (Å²) >= 11 is 3.70. The molecule has 2 nitrogen and oxygen atoms in total. The topological polar surface area (TPSA) is 21.3 Å². The van der Waals surface area contributed by atoms with Crippen molar-refractivity contribution in [2.45, 2.75) is 45.4 Å². The van der Waals surface area contributed by atoms with E-state index in [4.69, 9.17) is 4.74 Å². The van der Waals surface area contributed by atoms with Crippen LogP contribution in [0.3, 0.4) is 0 Å². The van der Waals surface area contributed by atoms with Crippen molar-refractivity contribution in [2.24, 2.45) is 0 Å². The Morgan fingerprint density at radius 2 is 2.25 bits per heavy atom. The Morgan fingerprint density at radius 3 is 3.00 bits per heavy atom. The molecule has 1 fully saturated rings. The van der Waals surface area contributed by atoms with Gasteiger partial charge in [-0.2, -0.15) is 0 Å². The van der Waals surface area contributed by atoms with Crippen molar-refractivity contribution in [2.75, 3.05) is 6.61 Å². The Balaban J connectivity index is 1.41. The van der Waals surface area contributed by atoms with Gasteiger partial charge in [-0.25, -0.2) is 0 Å². The van der Waals surface area contributed by atoms with E-state index in [-0.39, 0.29) is 0 Å². The van der Waals surface area contributed by atoms with Crippen LogP contribution in [0.25, 0.3) is 0 Å². The summed E-state index contributed by atoms with van der Waals surface area (Å²) in [4.78, 5) is 4.24. The molecule has 4 heteroatoms. The molecule has 1 N–H and O–H groups in total. The maximum atomic E-state index is 5.82. The van der Waals surface area contributed by atoms with Gasteiger partial charge in [0.2, 0.25) is 0 Å². The van der Waals surface area contributed by atoms with Crippen molar-refractivity contribution in [3.63, 3.8) is 0 Å². The number of hydrogen-bond acceptors (Lipinski definition) is 4. The Labute approximate surface area is 128 Å². The summed E-state index contributed by atoms with van der Waals surface area (Å²) in [6.45, 7) is 4.78. The van der Waals surface area contributed by atoms with Gasteiger partial charge in [-0.05, 0) is 42.8 Å². The number of ether oxygens (including phenoxy) is 1. The van der Waals surface area contributed by atoms with Crippen LogP contribution in [0, 0.1) is 6.92 Å². The molecule has 0 aromatic carbocycles. The van der Waals surface area contributed by atoms with Gasteiger partial charge in [-0.1, -0.05) is 6.07 Å². The lowest BCUT2D eigenvalue weighted by molar-refractivity contribution is 0.124. The van der Waals surface area contributed by atoms with E-state index < -0.39 is 0 Å². The summed E-state index contributed by atoms with van der Waals surface area (Å²) in [7, 11) is 0. The van der Waals surface area contributed by atoms with Gasteiger partial charge in [0, 0.05) is 33.6 Å². The van der Waals surface area contributed by atoms with Gasteiger partial charge >= 0.3 is 0 Å². The summed E-state index contributed by atoms with van der Waals surface area (Å²) in [6, 6.07) is 7.36. The van der Waals surface area contributed by atoms with Crippen molar-refractivity contribution in [3.8, 4) is 0 Å². The number of hydrogen-bond donors (Lipinski definition) is 1. The molecule has 0 amide bonds. The van der Waals surface area contributed by atoms with Crippen LogP contribution in [0.2, 0.25) is 0 Å². The molecule has 2 aromatic rings. The molecule has 0 unspecified atom stereocenters. The molecule has 1 aliphatic rings. The molecule has 2 heterocycles. The smallest absolute Gasteiger partial charge is 0.0727 e. The summed E-state index contributed by atoms with van der Waals surface area (Å²) < 4.78 is 5.82. The fraction of sp³-hybridized carbons (Fsp3) is 0.500. The third-order valence-electron chi connectivity index (χ3n) is 3.54. The van der Waals surface area contributed by atoms with Crippen LogP contribution in [0.1, 0.15) is 33.0 Å². The van der Waals surface area contributed by atoms with Crippen LogP contribution < -0.4 is 5.32 Å². The van der Waals surface area contributed by atoms with Gasteiger partial charge in [0.05, 0.1) is 13.2 Å². The minimum Gasteiger partial charge on any atom is -0.376 e. The summed E-state index contributed by atoms with van der Waals surface area (Å²) in [5.74, 6) is 0. The minimum atomic E-state index is 0.747. The van der Waals surface area contributed by atoms with E-state index in [1.807, 2.05) is 11.3 Å². The first-order chi connectivity index (χ1) is 9.81. The first-order valence-electron chi connectivity index (χ1n) is 7.23. The molecule has 20 heavy (non-hydrogen) atoms. The Hall–Kier alpha value is -0.680. The van der Waals surface area contributed by atoms with Crippen LogP contribution in [0.4, 0.5) is 0 Å². The predicted octanol–water partition coefficient (Wildman–Crippen LogP) is 4.13. The van der Waals surface area contributed by atoms with Crippen molar-refractivity contribution in [1.29, 1.82) is 0 Å². The fourth-order valence-electron chi connectivity index (χ4n) is 2.16. The minimum absolute atomic E-state index is 0.747. The SMILES string of the molecule is Cc1sc(CNC2CC2)cc1COCCc1cccs1. The molecule has 3 rings (SSSR count). The van der Waals surface area contributed by atoms with E-state index in [2.05, 4.69) is 35.8 Å². The fourth-order valence-corrected chi connectivity index (χ4v) is 3.85. The Kier molecular flexibility index (Phi) is 4.89. The van der Waals surface area contributed by atoms with Crippen LogP contribution in [-0.4, -0.2) is 12.6 Å². The molecule has 2 aromatic heterocycles. The average molecular weight is 307 g/mol. The van der Waals surface area contributed by atoms with Crippen LogP contribution in [-0.2, 0) is 24.3 Å². The summed E-state index contributed by atoms with van der Waals surface area (Å²) in [5, 5.41) is 5.69. The number of nitrogens with one attached hydrogen (secondary N) is 1. The molecular formula is C16H21NOS2. The Bertz CT molecular complexity index is 529. The van der Waals surface area contributed by atoms with Gasteiger partial charge in [-0.15, -0.1) is 22.7 Å². The monoisotopic (exact) mass is 307 g/mol. The summed E-state index contributed by atoms with van der Waals surface area (Å²) in [6.07, 6.45) is 3.73. The lowest BCUT2D eigenvalue weighted by Crippen LogP contribution is -2.14. The number of thiophene rings is 2. The molecule has 1 saturated carbocycles. The molecule has 1 aliphatic carbocycles. The van der Waals surface area contributed by atoms with Gasteiger partial charge in [0.15, 0.2) is 0 Å². The second-order valence-corrected chi connectivity index (χ2v) is 7.70. The van der Waals surface area contributed by atoms with Gasteiger partial charge < -0.3 is 10.1 Å². The quantitative estimate of drug-likeness (QED) is 0.740. The van der Waals surface area contributed by atoms with Crippen molar-refractivity contribution >= 4 is 22.7 Å². The molecule has 0 saturated heterocycles. The van der Waals surface area contributed by atoms with Crippen LogP contribution in [0.15, 0.2) is 23.6 Å². The molecule has 0 spiro atoms. The zero-order valence-corrected chi connectivity index (χ0v) is 13.5. The Morgan fingerprint density at radius 1 is 1.35 bits per heavy atom. The lowest BCUT2D eigenvalue weighted by atomic mass is 10.2. The van der Waals surface area contributed by atoms with Crippen molar-refractivity contribution in [3.05, 3.63) is 43.8 Å². The van der Waals surface area contributed by atoms with E-state index in [9.17, 15) is 0 Å². The summed E-state index contributed by atoms with van der Waals surface area (Å²) in [5.41, 5.74) is 1.36. The molecule has 0 radical (unpaired) electrons. The highest BCUT2D eigenvalue weighted by Crippen LogP contribution is 2.24. The lowest BCUT2D eigenvalue weighted by Gasteiger charge is -2.02. The second-order valence-electron chi connectivity index (χ2n) is 5.33. The molecule has 0 aliphatic heterocycles. The molecule has 0 bridgehead atoms. The molecule has 108 valence electrons. The van der Waals surface area contributed by atoms with Gasteiger partial charge in [0.1, 0.15) is 0 Å². The highest BCUT2D eigenvalue weighted by atomic mass is 32.1. The zero-order chi connectivity index (χ0) is 13.8. The van der Waals surface area contributed by atoms with Crippen molar-refractivity contribution in [1.82, 2.24) is 5.32 Å². The standard InChI is InChI=1S/C16H21NOS2/c1-12-13(9-16(20-12)10-17-14-4-5-14)11-18-7-6-15-3-2-8-19-15/h2-3,8-9,14,17H,4-7,10-11H2,1H3. The third-order valence-corrected chi connectivity index (χ3v) is 5.57. The maximum Gasteiger partial charge on any atom is 0.0727 e. The van der Waals surface area contributed by atoms with E-state index in [0.29, 0.717) is 0 Å². The average Bonchev–Trinajstić information content (AvgIpc) is 2.99. The van der Waals surface area contributed by atoms with Crippen LogP contribution in [0.5, 0.6) is 0 Å². The van der Waals surface area contributed by atoms with Crippen LogP contribution >= 0.6 is 22.7 Å².